The van der Waals surface area contributed by atoms with Gasteiger partial charge in [-0.15, -0.1) is 0 Å². The molecule has 0 saturated heterocycles. The van der Waals surface area contributed by atoms with E-state index in [1.165, 1.54) is 0 Å². The minimum Gasteiger partial charge on any atom is -0.369 e. The summed E-state index contributed by atoms with van der Waals surface area (Å²) in [6.07, 6.45) is 0. The van der Waals surface area contributed by atoms with Crippen molar-refractivity contribution in [2.75, 3.05) is 24.2 Å². The zero-order valence-corrected chi connectivity index (χ0v) is 7.98. The monoisotopic (exact) mass is 204 g/mol. The summed E-state index contributed by atoms with van der Waals surface area (Å²) in [5, 5.41) is 8.72. The van der Waals surface area contributed by atoms with Crippen LogP contribution in [0.2, 0.25) is 0 Å². The van der Waals surface area contributed by atoms with E-state index in [0.29, 0.717) is 12.4 Å². The molecule has 0 bridgehead atoms. The first-order valence-corrected chi connectivity index (χ1v) is 4.20. The molecule has 0 aliphatic carbocycles. The predicted molar refractivity (Wildman–Crippen MR) is 55.2 cm³/mol. The molecule has 0 aromatic carbocycles. The predicted octanol–water partition coefficient (Wildman–Crippen LogP) is -0.602. The average Bonchev–Trinajstić information content (AvgIpc) is 2.19. The van der Waals surface area contributed by atoms with Gasteiger partial charge in [-0.2, -0.15) is 10.2 Å². The third-order valence-electron chi connectivity index (χ3n) is 2.02. The normalized spacial score (nSPS) is 14.1. The van der Waals surface area contributed by atoms with E-state index in [1.54, 1.807) is 11.9 Å². The Labute approximate surface area is 84.9 Å². The van der Waals surface area contributed by atoms with E-state index in [0.717, 1.165) is 0 Å². The second kappa shape index (κ2) is 3.09. The molecule has 1 aromatic rings. The number of aromatic nitrogens is 2. The molecule has 2 heterocycles. The molecule has 15 heavy (non-hydrogen) atoms. The summed E-state index contributed by atoms with van der Waals surface area (Å²) in [5.41, 5.74) is 5.39. The van der Waals surface area contributed by atoms with Crippen molar-refractivity contribution in [3.8, 4) is 6.07 Å². The van der Waals surface area contributed by atoms with E-state index in [9.17, 15) is 4.79 Å². The van der Waals surface area contributed by atoms with Crippen molar-refractivity contribution >= 4 is 23.2 Å². The van der Waals surface area contributed by atoms with Gasteiger partial charge in [0.1, 0.15) is 11.8 Å². The molecule has 0 unspecified atom stereocenters. The van der Waals surface area contributed by atoms with Gasteiger partial charge in [0.25, 0.3) is 5.56 Å². The third-order valence-corrected chi connectivity index (χ3v) is 2.02. The van der Waals surface area contributed by atoms with Crippen LogP contribution in [0.3, 0.4) is 0 Å². The van der Waals surface area contributed by atoms with Crippen molar-refractivity contribution < 1.29 is 0 Å². The Hall–Kier alpha value is -2.36. The quantitative estimate of drug-likeness (QED) is 0.586. The number of nitrogens with two attached hydrogens (primary N) is 1. The van der Waals surface area contributed by atoms with E-state index in [-0.39, 0.29) is 17.3 Å². The van der Waals surface area contributed by atoms with E-state index in [1.807, 2.05) is 6.07 Å². The topological polar surface area (TPSA) is 111 Å². The Morgan fingerprint density at radius 1 is 1.67 bits per heavy atom. The number of aliphatic imine (C=N–C) groups is 1. The molecule has 7 nitrogen and oxygen atoms in total. The Morgan fingerprint density at radius 2 is 2.40 bits per heavy atom. The van der Waals surface area contributed by atoms with Crippen LogP contribution in [0.4, 0.5) is 17.5 Å². The Bertz CT molecular complexity index is 537. The maximum Gasteiger partial charge on any atom is 0.280 e. The van der Waals surface area contributed by atoms with E-state index in [2.05, 4.69) is 15.0 Å². The highest BCUT2D eigenvalue weighted by atomic mass is 16.1. The van der Waals surface area contributed by atoms with Crippen molar-refractivity contribution in [3.05, 3.63) is 10.4 Å². The highest BCUT2D eigenvalue weighted by Crippen LogP contribution is 2.24. The number of nitrogens with one attached hydrogen (secondary N) is 1. The number of aromatic amines is 1. The van der Waals surface area contributed by atoms with Crippen LogP contribution in [0.5, 0.6) is 0 Å². The summed E-state index contributed by atoms with van der Waals surface area (Å²) in [7, 11) is 1.72. The Morgan fingerprint density at radius 3 is 3.07 bits per heavy atom. The van der Waals surface area contributed by atoms with Gasteiger partial charge in [-0.05, 0) is 0 Å². The molecule has 1 aliphatic heterocycles. The van der Waals surface area contributed by atoms with E-state index < -0.39 is 5.56 Å². The number of hydrogen-bond donors (Lipinski definition) is 2. The number of hydrogen-bond acceptors (Lipinski definition) is 6. The van der Waals surface area contributed by atoms with Gasteiger partial charge < -0.3 is 10.6 Å². The molecule has 3 N–H and O–H groups in total. The molecular formula is C8H8N6O. The fourth-order valence-corrected chi connectivity index (χ4v) is 1.37. The fourth-order valence-electron chi connectivity index (χ4n) is 1.37. The number of H-pyrrole nitrogens is 1. The van der Waals surface area contributed by atoms with Crippen molar-refractivity contribution in [1.82, 2.24) is 9.97 Å². The molecular weight excluding hydrogens is 196 g/mol. The molecule has 2 rings (SSSR count). The van der Waals surface area contributed by atoms with E-state index in [4.69, 9.17) is 11.0 Å². The Kier molecular flexibility index (Phi) is 1.90. The summed E-state index contributed by atoms with van der Waals surface area (Å²) >= 11 is 0. The number of anilines is 2. The van der Waals surface area contributed by atoms with Gasteiger partial charge in [0.05, 0.1) is 6.54 Å². The maximum atomic E-state index is 11.5. The van der Waals surface area contributed by atoms with Crippen LogP contribution in [-0.4, -0.2) is 29.3 Å². The van der Waals surface area contributed by atoms with Gasteiger partial charge in [-0.1, -0.05) is 0 Å². The lowest BCUT2D eigenvalue weighted by Gasteiger charge is -2.22. The van der Waals surface area contributed by atoms with Gasteiger partial charge in [0.15, 0.2) is 11.5 Å². The van der Waals surface area contributed by atoms with Gasteiger partial charge in [0.2, 0.25) is 5.95 Å². The van der Waals surface area contributed by atoms with Gasteiger partial charge in [0, 0.05) is 7.05 Å². The smallest absolute Gasteiger partial charge is 0.280 e. The lowest BCUT2D eigenvalue weighted by atomic mass is 10.3. The van der Waals surface area contributed by atoms with Crippen molar-refractivity contribution in [3.63, 3.8) is 0 Å². The molecule has 7 heteroatoms. The van der Waals surface area contributed by atoms with Crippen LogP contribution < -0.4 is 16.2 Å². The van der Waals surface area contributed by atoms with Crippen LogP contribution in [0.1, 0.15) is 0 Å². The summed E-state index contributed by atoms with van der Waals surface area (Å²) < 4.78 is 0. The SMILES string of the molecule is CN1CC(C#N)=Nc2c1nc(N)[nH]c2=O. The van der Waals surface area contributed by atoms with Crippen LogP contribution in [0.15, 0.2) is 9.79 Å². The highest BCUT2D eigenvalue weighted by molar-refractivity contribution is 6.05. The largest absolute Gasteiger partial charge is 0.369 e. The first kappa shape index (κ1) is 9.21. The lowest BCUT2D eigenvalue weighted by molar-refractivity contribution is 0.969. The van der Waals surface area contributed by atoms with Crippen LogP contribution in [0, 0.1) is 11.3 Å². The van der Waals surface area contributed by atoms with Gasteiger partial charge >= 0.3 is 0 Å². The third kappa shape index (κ3) is 1.42. The Balaban J connectivity index is 2.71. The molecule has 0 fully saturated rings. The number of nitriles is 1. The van der Waals surface area contributed by atoms with Crippen molar-refractivity contribution in [1.29, 1.82) is 5.26 Å². The minimum absolute atomic E-state index is 0.0428. The molecule has 1 aromatic heterocycles. The number of rotatable bonds is 0. The lowest BCUT2D eigenvalue weighted by Crippen LogP contribution is -2.31. The average molecular weight is 204 g/mol. The summed E-state index contributed by atoms with van der Waals surface area (Å²) in [5.74, 6) is 0.441. The molecule has 0 atom stereocenters. The van der Waals surface area contributed by atoms with Gasteiger partial charge in [-0.25, -0.2) is 4.99 Å². The summed E-state index contributed by atoms with van der Waals surface area (Å²) in [4.78, 5) is 23.3. The fraction of sp³-hybridized carbons (Fsp3) is 0.250. The van der Waals surface area contributed by atoms with Crippen LogP contribution in [0.25, 0.3) is 0 Å². The zero-order valence-electron chi connectivity index (χ0n) is 7.98. The number of nitrogens with zero attached hydrogens (tertiary/aromatic N) is 4. The molecule has 0 radical (unpaired) electrons. The molecule has 0 spiro atoms. The van der Waals surface area contributed by atoms with Crippen molar-refractivity contribution in [2.45, 2.75) is 0 Å². The highest BCUT2D eigenvalue weighted by Gasteiger charge is 2.20. The second-order valence-electron chi connectivity index (χ2n) is 3.15. The molecule has 1 aliphatic rings. The standard InChI is InChI=1S/C8H8N6O/c1-14-3-4(2-9)11-5-6(14)12-8(10)13-7(5)15/h3H2,1H3,(H3,10,12,13,15). The van der Waals surface area contributed by atoms with Crippen LogP contribution >= 0.6 is 0 Å². The summed E-state index contributed by atoms with van der Waals surface area (Å²) in [6, 6.07) is 1.91. The van der Waals surface area contributed by atoms with Crippen molar-refractivity contribution in [2.24, 2.45) is 4.99 Å². The maximum absolute atomic E-state index is 11.5. The molecule has 0 saturated carbocycles. The zero-order chi connectivity index (χ0) is 11.0. The number of fused-ring (bicyclic) bond motifs is 1. The van der Waals surface area contributed by atoms with E-state index >= 15 is 0 Å². The first-order chi connectivity index (χ1) is 7.11. The minimum atomic E-state index is -0.434. The second-order valence-corrected chi connectivity index (χ2v) is 3.15. The molecule has 76 valence electrons. The summed E-state index contributed by atoms with van der Waals surface area (Å²) in [6.45, 7) is 0.333. The molecule has 0 amide bonds. The van der Waals surface area contributed by atoms with Gasteiger partial charge in [-0.3, -0.25) is 9.78 Å². The number of nitrogen functional groups attached to an aromatic ring is 1. The van der Waals surface area contributed by atoms with Crippen LogP contribution in [-0.2, 0) is 0 Å². The first-order valence-electron chi connectivity index (χ1n) is 4.20.